The fourth-order valence-electron chi connectivity index (χ4n) is 5.33. The second-order valence-corrected chi connectivity index (χ2v) is 9.77. The van der Waals surface area contributed by atoms with Crippen LogP contribution in [0.2, 0.25) is 0 Å². The van der Waals surface area contributed by atoms with Gasteiger partial charge in [-0.25, -0.2) is 0 Å². The first-order valence-corrected chi connectivity index (χ1v) is 13.4. The molecule has 2 aliphatic rings. The molecule has 1 atom stereocenters. The number of morpholine rings is 1. The summed E-state index contributed by atoms with van der Waals surface area (Å²) in [6.45, 7) is 2.96. The van der Waals surface area contributed by atoms with Crippen LogP contribution in [0.3, 0.4) is 0 Å². The number of amides is 2. The van der Waals surface area contributed by atoms with Crippen molar-refractivity contribution in [3.05, 3.63) is 72.2 Å². The van der Waals surface area contributed by atoms with E-state index in [0.29, 0.717) is 36.0 Å². The van der Waals surface area contributed by atoms with Gasteiger partial charge in [0, 0.05) is 30.9 Å². The number of carbonyl (C=O) groups is 2. The van der Waals surface area contributed by atoms with Crippen molar-refractivity contribution in [2.75, 3.05) is 50.3 Å². The second kappa shape index (κ2) is 12.3. The molecule has 1 N–H and O–H groups in total. The second-order valence-electron chi connectivity index (χ2n) is 9.77. The summed E-state index contributed by atoms with van der Waals surface area (Å²) in [6, 6.07) is 15.4. The Hall–Kier alpha value is -3.98. The van der Waals surface area contributed by atoms with Gasteiger partial charge in [-0.2, -0.15) is 0 Å². The van der Waals surface area contributed by atoms with E-state index in [4.69, 9.17) is 18.6 Å². The van der Waals surface area contributed by atoms with Crippen molar-refractivity contribution in [2.24, 2.45) is 0 Å². The highest BCUT2D eigenvalue weighted by Gasteiger charge is 2.37. The molecule has 0 spiro atoms. The third-order valence-electron chi connectivity index (χ3n) is 7.39. The minimum absolute atomic E-state index is 0.0750. The minimum atomic E-state index is -0.968. The van der Waals surface area contributed by atoms with Crippen LogP contribution in [-0.2, 0) is 9.53 Å². The van der Waals surface area contributed by atoms with E-state index in [-0.39, 0.29) is 17.7 Å². The van der Waals surface area contributed by atoms with E-state index in [1.165, 1.54) is 18.3 Å². The zero-order valence-corrected chi connectivity index (χ0v) is 22.4. The molecular formula is C30H35N3O6. The highest BCUT2D eigenvalue weighted by Crippen LogP contribution is 2.39. The first kappa shape index (κ1) is 26.6. The molecule has 9 heteroatoms. The third kappa shape index (κ3) is 5.88. The largest absolute Gasteiger partial charge is 0.497 e. The van der Waals surface area contributed by atoms with Crippen LogP contribution in [-0.4, -0.2) is 58.4 Å². The number of ether oxygens (including phenoxy) is 3. The molecule has 2 fully saturated rings. The van der Waals surface area contributed by atoms with Gasteiger partial charge in [-0.05, 0) is 54.8 Å². The summed E-state index contributed by atoms with van der Waals surface area (Å²) in [7, 11) is 3.09. The average Bonchev–Trinajstić information content (AvgIpc) is 3.71. The average molecular weight is 534 g/mol. The van der Waals surface area contributed by atoms with Crippen LogP contribution >= 0.6 is 0 Å². The normalized spacial score (nSPS) is 16.5. The van der Waals surface area contributed by atoms with Crippen molar-refractivity contribution in [1.82, 2.24) is 5.32 Å². The lowest BCUT2D eigenvalue weighted by Crippen LogP contribution is -2.46. The number of hydrogen-bond donors (Lipinski definition) is 1. The predicted octanol–water partition coefficient (Wildman–Crippen LogP) is 4.58. The van der Waals surface area contributed by atoms with Crippen LogP contribution in [0.15, 0.2) is 65.3 Å². The lowest BCUT2D eigenvalue weighted by Gasteiger charge is -2.33. The number of benzene rings is 2. The van der Waals surface area contributed by atoms with Gasteiger partial charge in [0.25, 0.3) is 5.91 Å². The summed E-state index contributed by atoms with van der Waals surface area (Å²) in [5.41, 5.74) is 2.16. The summed E-state index contributed by atoms with van der Waals surface area (Å²) in [5.74, 6) is 0.392. The van der Waals surface area contributed by atoms with Gasteiger partial charge in [0.2, 0.25) is 5.91 Å². The number of hydrogen-bond acceptors (Lipinski definition) is 7. The SMILES string of the molecule is COc1ccc(N(C(=O)c2ccco2)[C@H](C(=O)NC2CCCC2)c2ccc(N3CCOCC3)cc2)c(OC)c1. The minimum Gasteiger partial charge on any atom is -0.497 e. The highest BCUT2D eigenvalue weighted by atomic mass is 16.5. The molecule has 5 rings (SSSR count). The maximum absolute atomic E-state index is 14.1. The molecule has 2 amide bonds. The van der Waals surface area contributed by atoms with E-state index in [1.54, 1.807) is 37.4 Å². The van der Waals surface area contributed by atoms with Gasteiger partial charge in [0.1, 0.15) is 17.5 Å². The van der Waals surface area contributed by atoms with E-state index < -0.39 is 11.9 Å². The maximum atomic E-state index is 14.1. The Morgan fingerprint density at radius 2 is 1.74 bits per heavy atom. The van der Waals surface area contributed by atoms with Crippen molar-refractivity contribution in [1.29, 1.82) is 0 Å². The van der Waals surface area contributed by atoms with Crippen LogP contribution in [0.4, 0.5) is 11.4 Å². The molecule has 1 aliphatic carbocycles. The Kier molecular flexibility index (Phi) is 8.36. The first-order valence-electron chi connectivity index (χ1n) is 13.4. The Balaban J connectivity index is 1.59. The molecule has 39 heavy (non-hydrogen) atoms. The number of nitrogens with zero attached hydrogens (tertiary/aromatic N) is 2. The number of rotatable bonds is 9. The van der Waals surface area contributed by atoms with Gasteiger partial charge in [-0.1, -0.05) is 25.0 Å². The predicted molar refractivity (Wildman–Crippen MR) is 148 cm³/mol. The molecule has 1 saturated heterocycles. The molecule has 1 saturated carbocycles. The topological polar surface area (TPSA) is 93.5 Å². The summed E-state index contributed by atoms with van der Waals surface area (Å²) in [4.78, 5) is 31.8. The van der Waals surface area contributed by atoms with Crippen molar-refractivity contribution < 1.29 is 28.2 Å². The molecule has 3 aromatic rings. The fourth-order valence-corrected chi connectivity index (χ4v) is 5.33. The van der Waals surface area contributed by atoms with Gasteiger partial charge in [0.05, 0.1) is 39.4 Å². The molecule has 206 valence electrons. The van der Waals surface area contributed by atoms with Crippen molar-refractivity contribution in [3.63, 3.8) is 0 Å². The number of furan rings is 1. The Morgan fingerprint density at radius 1 is 1.00 bits per heavy atom. The molecule has 1 aromatic heterocycles. The smallest absolute Gasteiger partial charge is 0.295 e. The van der Waals surface area contributed by atoms with E-state index >= 15 is 0 Å². The standard InChI is InChI=1S/C30H35N3O6/c1-36-24-13-14-25(27(20-24)37-2)33(30(35)26-8-5-17-39-26)28(29(34)31-22-6-3-4-7-22)21-9-11-23(12-10-21)32-15-18-38-19-16-32/h5,8-14,17,20,22,28H,3-4,6-7,15-16,18-19H2,1-2H3,(H,31,34)/t28-/m0/s1. The van der Waals surface area contributed by atoms with Gasteiger partial charge in [-0.3, -0.25) is 14.5 Å². The van der Waals surface area contributed by atoms with Crippen LogP contribution in [0.5, 0.6) is 11.5 Å². The summed E-state index contributed by atoms with van der Waals surface area (Å²) in [5, 5.41) is 3.21. The fraction of sp³-hybridized carbons (Fsp3) is 0.400. The number of carbonyl (C=O) groups excluding carboxylic acids is 2. The summed E-state index contributed by atoms with van der Waals surface area (Å²) in [6.07, 6.45) is 5.44. The monoisotopic (exact) mass is 533 g/mol. The summed E-state index contributed by atoms with van der Waals surface area (Å²) < 4.78 is 22.1. The summed E-state index contributed by atoms with van der Waals surface area (Å²) >= 11 is 0. The van der Waals surface area contributed by atoms with Crippen molar-refractivity contribution in [2.45, 2.75) is 37.8 Å². The molecule has 2 aromatic carbocycles. The van der Waals surface area contributed by atoms with Crippen molar-refractivity contribution >= 4 is 23.2 Å². The number of anilines is 2. The zero-order chi connectivity index (χ0) is 27.2. The Morgan fingerprint density at radius 3 is 2.38 bits per heavy atom. The molecular weight excluding hydrogens is 498 g/mol. The number of nitrogens with one attached hydrogen (secondary N) is 1. The lowest BCUT2D eigenvalue weighted by atomic mass is 10.0. The van der Waals surface area contributed by atoms with Crippen molar-refractivity contribution in [3.8, 4) is 11.5 Å². The lowest BCUT2D eigenvalue weighted by molar-refractivity contribution is -0.123. The number of methoxy groups -OCH3 is 2. The van der Waals surface area contributed by atoms with Gasteiger partial charge in [0.15, 0.2) is 5.76 Å². The van der Waals surface area contributed by atoms with Crippen LogP contribution < -0.4 is 24.6 Å². The Labute approximate surface area is 228 Å². The van der Waals surface area contributed by atoms with Gasteiger partial charge < -0.3 is 28.8 Å². The Bertz CT molecular complexity index is 1250. The molecule has 0 radical (unpaired) electrons. The highest BCUT2D eigenvalue weighted by molar-refractivity contribution is 6.09. The van der Waals surface area contributed by atoms with Gasteiger partial charge >= 0.3 is 0 Å². The van der Waals surface area contributed by atoms with Crippen LogP contribution in [0.25, 0.3) is 0 Å². The third-order valence-corrected chi connectivity index (χ3v) is 7.39. The first-order chi connectivity index (χ1) is 19.1. The van der Waals surface area contributed by atoms with Crippen LogP contribution in [0.1, 0.15) is 47.8 Å². The maximum Gasteiger partial charge on any atom is 0.295 e. The van der Waals surface area contributed by atoms with E-state index in [0.717, 1.165) is 44.5 Å². The molecule has 2 heterocycles. The van der Waals surface area contributed by atoms with Crippen LogP contribution in [0, 0.1) is 0 Å². The van der Waals surface area contributed by atoms with E-state index in [9.17, 15) is 9.59 Å². The van der Waals surface area contributed by atoms with E-state index in [2.05, 4.69) is 10.2 Å². The quantitative estimate of drug-likeness (QED) is 0.430. The van der Waals surface area contributed by atoms with Gasteiger partial charge in [-0.15, -0.1) is 0 Å². The zero-order valence-electron chi connectivity index (χ0n) is 22.4. The molecule has 1 aliphatic heterocycles. The van der Waals surface area contributed by atoms with E-state index in [1.807, 2.05) is 24.3 Å². The molecule has 0 bridgehead atoms. The molecule has 0 unspecified atom stereocenters. The molecule has 9 nitrogen and oxygen atoms in total.